The van der Waals surface area contributed by atoms with Crippen molar-refractivity contribution in [1.29, 1.82) is 5.26 Å². The van der Waals surface area contributed by atoms with Gasteiger partial charge in [0.05, 0.1) is 12.5 Å². The number of nitrogens with two attached hydrogens (primary N) is 1. The molecule has 0 aliphatic carbocycles. The van der Waals surface area contributed by atoms with Crippen molar-refractivity contribution in [2.75, 3.05) is 12.8 Å². The number of anilines is 1. The molecule has 16 heavy (non-hydrogen) atoms. The molecule has 80 valence electrons. The summed E-state index contributed by atoms with van der Waals surface area (Å²) in [4.78, 5) is 11.8. The smallest absolute Gasteiger partial charge is 0.212 e. The first kappa shape index (κ1) is 10.1. The predicted molar refractivity (Wildman–Crippen MR) is 58.2 cm³/mol. The van der Waals surface area contributed by atoms with Crippen LogP contribution >= 0.6 is 0 Å². The summed E-state index contributed by atoms with van der Waals surface area (Å²) in [7, 11) is 1.51. The SMILES string of the molecule is COc1ccc2c(=O)c(C#N)c(N)oc2c1. The van der Waals surface area contributed by atoms with E-state index in [1.807, 2.05) is 0 Å². The fourth-order valence-corrected chi connectivity index (χ4v) is 1.42. The number of nitrogen functional groups attached to an aromatic ring is 1. The maximum atomic E-state index is 11.8. The van der Waals surface area contributed by atoms with Gasteiger partial charge in [0.2, 0.25) is 11.3 Å². The van der Waals surface area contributed by atoms with E-state index in [-0.39, 0.29) is 11.4 Å². The average Bonchev–Trinajstić information content (AvgIpc) is 2.28. The molecule has 1 heterocycles. The second-order valence-corrected chi connectivity index (χ2v) is 3.14. The lowest BCUT2D eigenvalue weighted by molar-refractivity contribution is 0.414. The highest BCUT2D eigenvalue weighted by atomic mass is 16.5. The fraction of sp³-hybridized carbons (Fsp3) is 0.0909. The predicted octanol–water partition coefficient (Wildman–Crippen LogP) is 1.26. The topological polar surface area (TPSA) is 89.2 Å². The van der Waals surface area contributed by atoms with Gasteiger partial charge in [-0.25, -0.2) is 0 Å². The zero-order valence-electron chi connectivity index (χ0n) is 8.48. The van der Waals surface area contributed by atoms with E-state index < -0.39 is 5.43 Å². The van der Waals surface area contributed by atoms with Crippen LogP contribution in [0.15, 0.2) is 27.4 Å². The van der Waals surface area contributed by atoms with Crippen molar-refractivity contribution in [2.45, 2.75) is 0 Å². The van der Waals surface area contributed by atoms with Gasteiger partial charge in [-0.3, -0.25) is 4.79 Å². The van der Waals surface area contributed by atoms with Gasteiger partial charge in [-0.2, -0.15) is 5.26 Å². The van der Waals surface area contributed by atoms with Crippen LogP contribution in [0.3, 0.4) is 0 Å². The molecule has 0 spiro atoms. The van der Waals surface area contributed by atoms with Crippen molar-refractivity contribution in [3.63, 3.8) is 0 Å². The van der Waals surface area contributed by atoms with Crippen molar-refractivity contribution in [3.05, 3.63) is 34.0 Å². The van der Waals surface area contributed by atoms with Crippen LogP contribution in [0.1, 0.15) is 5.56 Å². The molecule has 5 nitrogen and oxygen atoms in total. The lowest BCUT2D eigenvalue weighted by Gasteiger charge is -2.03. The largest absolute Gasteiger partial charge is 0.497 e. The Kier molecular flexibility index (Phi) is 2.25. The van der Waals surface area contributed by atoms with Crippen LogP contribution in [-0.4, -0.2) is 7.11 Å². The maximum Gasteiger partial charge on any atom is 0.212 e. The van der Waals surface area contributed by atoms with Gasteiger partial charge in [0.15, 0.2) is 5.56 Å². The maximum absolute atomic E-state index is 11.8. The zero-order valence-corrected chi connectivity index (χ0v) is 8.48. The zero-order chi connectivity index (χ0) is 11.7. The van der Waals surface area contributed by atoms with Crippen LogP contribution in [0.25, 0.3) is 11.0 Å². The number of methoxy groups -OCH3 is 1. The highest BCUT2D eigenvalue weighted by Gasteiger charge is 2.11. The van der Waals surface area contributed by atoms with Crippen LogP contribution in [0, 0.1) is 11.3 Å². The molecule has 2 rings (SSSR count). The van der Waals surface area contributed by atoms with Crippen LogP contribution in [0.2, 0.25) is 0 Å². The van der Waals surface area contributed by atoms with Crippen molar-refractivity contribution < 1.29 is 9.15 Å². The number of benzene rings is 1. The molecule has 5 heteroatoms. The standard InChI is InChI=1S/C11H8N2O3/c1-15-6-2-3-7-9(4-6)16-11(13)8(5-12)10(7)14/h2-4H,13H2,1H3. The number of hydrogen-bond acceptors (Lipinski definition) is 5. The summed E-state index contributed by atoms with van der Waals surface area (Å²) in [6, 6.07) is 6.44. The average molecular weight is 216 g/mol. The van der Waals surface area contributed by atoms with Crippen molar-refractivity contribution >= 4 is 16.9 Å². The molecule has 0 aliphatic heterocycles. The van der Waals surface area contributed by atoms with Gasteiger partial charge in [0.25, 0.3) is 0 Å². The minimum Gasteiger partial charge on any atom is -0.497 e. The van der Waals surface area contributed by atoms with Gasteiger partial charge >= 0.3 is 0 Å². The number of ether oxygens (including phenoxy) is 1. The van der Waals surface area contributed by atoms with Crippen molar-refractivity contribution in [2.24, 2.45) is 0 Å². The highest BCUT2D eigenvalue weighted by molar-refractivity contribution is 5.81. The summed E-state index contributed by atoms with van der Waals surface area (Å²) < 4.78 is 10.2. The van der Waals surface area contributed by atoms with Crippen LogP contribution < -0.4 is 15.9 Å². The van der Waals surface area contributed by atoms with E-state index in [2.05, 4.69) is 0 Å². The van der Waals surface area contributed by atoms with Crippen LogP contribution in [0.5, 0.6) is 5.75 Å². The third-order valence-corrected chi connectivity index (χ3v) is 2.24. The first-order valence-electron chi connectivity index (χ1n) is 4.48. The van der Waals surface area contributed by atoms with E-state index in [9.17, 15) is 4.79 Å². The normalized spacial score (nSPS) is 10.0. The van der Waals surface area contributed by atoms with Crippen molar-refractivity contribution in [1.82, 2.24) is 0 Å². The van der Waals surface area contributed by atoms with E-state index in [4.69, 9.17) is 20.1 Å². The second kappa shape index (κ2) is 3.59. The summed E-state index contributed by atoms with van der Waals surface area (Å²) in [5.41, 5.74) is 5.17. The van der Waals surface area contributed by atoms with E-state index in [0.29, 0.717) is 16.7 Å². The van der Waals surface area contributed by atoms with Gasteiger partial charge < -0.3 is 14.9 Å². The molecular formula is C11H8N2O3. The summed E-state index contributed by atoms with van der Waals surface area (Å²) in [6.07, 6.45) is 0. The molecule has 0 radical (unpaired) electrons. The Morgan fingerprint density at radius 1 is 1.50 bits per heavy atom. The second-order valence-electron chi connectivity index (χ2n) is 3.14. The molecule has 0 saturated carbocycles. The van der Waals surface area contributed by atoms with Crippen molar-refractivity contribution in [3.8, 4) is 11.8 Å². The Balaban J connectivity index is 2.89. The lowest BCUT2D eigenvalue weighted by Crippen LogP contribution is -2.09. The third-order valence-electron chi connectivity index (χ3n) is 2.24. The molecule has 0 atom stereocenters. The Morgan fingerprint density at radius 3 is 2.88 bits per heavy atom. The number of rotatable bonds is 1. The number of hydrogen-bond donors (Lipinski definition) is 1. The fourth-order valence-electron chi connectivity index (χ4n) is 1.42. The Labute approximate surface area is 90.7 Å². The van der Waals surface area contributed by atoms with E-state index in [1.54, 1.807) is 24.3 Å². The first-order chi connectivity index (χ1) is 7.67. The van der Waals surface area contributed by atoms with E-state index >= 15 is 0 Å². The molecule has 0 amide bonds. The molecule has 0 fully saturated rings. The molecule has 2 N–H and O–H groups in total. The lowest BCUT2D eigenvalue weighted by atomic mass is 10.1. The van der Waals surface area contributed by atoms with Crippen LogP contribution in [-0.2, 0) is 0 Å². The van der Waals surface area contributed by atoms with Gasteiger partial charge in [-0.05, 0) is 12.1 Å². The van der Waals surface area contributed by atoms with Gasteiger partial charge in [-0.1, -0.05) is 0 Å². The van der Waals surface area contributed by atoms with Gasteiger partial charge in [0.1, 0.15) is 17.4 Å². The van der Waals surface area contributed by atoms with E-state index in [1.165, 1.54) is 7.11 Å². The first-order valence-corrected chi connectivity index (χ1v) is 4.48. The minimum absolute atomic E-state index is 0.169. The summed E-state index contributed by atoms with van der Waals surface area (Å²) in [5, 5.41) is 9.06. The van der Waals surface area contributed by atoms with Gasteiger partial charge in [-0.15, -0.1) is 0 Å². The van der Waals surface area contributed by atoms with Gasteiger partial charge in [0, 0.05) is 6.07 Å². The molecular weight excluding hydrogens is 208 g/mol. The number of nitriles is 1. The quantitative estimate of drug-likeness (QED) is 0.774. The molecule has 0 bridgehead atoms. The Hall–Kier alpha value is -2.48. The van der Waals surface area contributed by atoms with Crippen LogP contribution in [0.4, 0.5) is 5.88 Å². The third kappa shape index (κ3) is 1.37. The summed E-state index contributed by atoms with van der Waals surface area (Å²) in [5.74, 6) is 0.382. The molecule has 1 aromatic carbocycles. The Bertz CT molecular complexity index is 653. The van der Waals surface area contributed by atoms with E-state index in [0.717, 1.165) is 0 Å². The molecule has 2 aromatic rings. The molecule has 1 aromatic heterocycles. The number of nitrogens with zero attached hydrogens (tertiary/aromatic N) is 1. The molecule has 0 unspecified atom stereocenters. The number of fused-ring (bicyclic) bond motifs is 1. The summed E-state index contributed by atoms with van der Waals surface area (Å²) >= 11 is 0. The highest BCUT2D eigenvalue weighted by Crippen LogP contribution is 2.21. The summed E-state index contributed by atoms with van der Waals surface area (Å²) in [6.45, 7) is 0. The monoisotopic (exact) mass is 216 g/mol. The minimum atomic E-state index is -0.427. The molecule has 0 saturated heterocycles. The molecule has 0 aliphatic rings. The Morgan fingerprint density at radius 2 is 2.25 bits per heavy atom.